The van der Waals surface area contributed by atoms with E-state index in [9.17, 15) is 0 Å². The van der Waals surface area contributed by atoms with Crippen LogP contribution in [0, 0.1) is 13.5 Å². The topological polar surface area (TPSA) is 59.2 Å². The van der Waals surface area contributed by atoms with Crippen LogP contribution >= 0.6 is 34.4 Å². The summed E-state index contributed by atoms with van der Waals surface area (Å²) in [6.07, 6.45) is 9.43. The van der Waals surface area contributed by atoms with Crippen LogP contribution in [-0.2, 0) is 0 Å². The highest BCUT2D eigenvalue weighted by Crippen LogP contribution is 2.53. The van der Waals surface area contributed by atoms with Crippen molar-refractivity contribution in [3.63, 3.8) is 0 Å². The summed E-state index contributed by atoms with van der Waals surface area (Å²) in [5.74, 6) is 0.573. The lowest BCUT2D eigenvalue weighted by molar-refractivity contribution is 0.642. The Balaban J connectivity index is 1.13. The molecule has 1 fully saturated rings. The van der Waals surface area contributed by atoms with E-state index in [0.29, 0.717) is 17.7 Å². The Labute approximate surface area is 262 Å². The van der Waals surface area contributed by atoms with E-state index in [-0.39, 0.29) is 0 Å². The van der Waals surface area contributed by atoms with Crippen molar-refractivity contribution in [2.45, 2.75) is 45.1 Å². The van der Waals surface area contributed by atoms with E-state index in [1.54, 1.807) is 29.6 Å². The van der Waals surface area contributed by atoms with E-state index in [1.807, 2.05) is 18.5 Å². The van der Waals surface area contributed by atoms with Gasteiger partial charge in [-0.25, -0.2) is 14.8 Å². The minimum atomic E-state index is 0.538. The summed E-state index contributed by atoms with van der Waals surface area (Å²) in [6, 6.07) is 20.7. The molecular formula is C34H26N6S3. The quantitative estimate of drug-likeness (QED) is 0.181. The summed E-state index contributed by atoms with van der Waals surface area (Å²) in [7, 11) is 0. The fraction of sp³-hybridized carbons (Fsp3) is 0.206. The Kier molecular flexibility index (Phi) is 6.44. The number of thiazole rings is 2. The Hall–Kier alpha value is -4.23. The minimum absolute atomic E-state index is 0.538. The summed E-state index contributed by atoms with van der Waals surface area (Å²) in [5.41, 5.74) is 10.9. The molecule has 9 heteroatoms. The third kappa shape index (κ3) is 4.49. The number of nitrogens with zero attached hydrogens (tertiary/aromatic N) is 6. The lowest BCUT2D eigenvalue weighted by atomic mass is 9.96. The number of aromatic nitrogens is 4. The number of hydrogen-bond acceptors (Lipinski definition) is 8. The number of fused-ring (bicyclic) bond motifs is 4. The number of hydrogen-bond donors (Lipinski definition) is 0. The third-order valence-corrected chi connectivity index (χ3v) is 11.1. The van der Waals surface area contributed by atoms with Gasteiger partial charge in [0.05, 0.1) is 23.2 Å². The van der Waals surface area contributed by atoms with Gasteiger partial charge in [-0.05, 0) is 80.3 Å². The van der Waals surface area contributed by atoms with Gasteiger partial charge in [0.15, 0.2) is 5.70 Å². The predicted octanol–water partition coefficient (Wildman–Crippen LogP) is 9.98. The predicted molar refractivity (Wildman–Crippen MR) is 179 cm³/mol. The van der Waals surface area contributed by atoms with Crippen LogP contribution in [0.2, 0.25) is 0 Å². The second-order valence-electron chi connectivity index (χ2n) is 11.2. The summed E-state index contributed by atoms with van der Waals surface area (Å²) in [5, 5.41) is 1.81. The maximum Gasteiger partial charge on any atom is 0.164 e. The molecule has 43 heavy (non-hydrogen) atoms. The van der Waals surface area contributed by atoms with Crippen LogP contribution in [-0.4, -0.2) is 24.8 Å². The molecule has 8 rings (SSSR count). The first-order chi connectivity index (χ1) is 21.1. The van der Waals surface area contributed by atoms with E-state index >= 15 is 0 Å². The van der Waals surface area contributed by atoms with Crippen LogP contribution in [0.15, 0.2) is 72.7 Å². The van der Waals surface area contributed by atoms with Gasteiger partial charge in [0.1, 0.15) is 21.0 Å². The molecule has 0 N–H and O–H groups in total. The highest BCUT2D eigenvalue weighted by molar-refractivity contribution is 7.18. The van der Waals surface area contributed by atoms with Crippen LogP contribution in [0.1, 0.15) is 48.1 Å². The number of allylic oxidation sites excluding steroid dienone is 1. The van der Waals surface area contributed by atoms with Gasteiger partial charge in [0.2, 0.25) is 0 Å². The zero-order valence-electron chi connectivity index (χ0n) is 23.6. The highest BCUT2D eigenvalue weighted by atomic mass is 32.1. The first kappa shape index (κ1) is 26.4. The van der Waals surface area contributed by atoms with E-state index < -0.39 is 0 Å². The molecule has 0 spiro atoms. The molecule has 4 heterocycles. The molecule has 2 aliphatic rings. The van der Waals surface area contributed by atoms with Gasteiger partial charge in [-0.1, -0.05) is 30.2 Å². The average molecular weight is 615 g/mol. The van der Waals surface area contributed by atoms with Gasteiger partial charge in [-0.15, -0.1) is 22.7 Å². The van der Waals surface area contributed by atoms with E-state index in [1.165, 1.54) is 59.1 Å². The molecule has 210 valence electrons. The Morgan fingerprint density at radius 2 is 1.67 bits per heavy atom. The molecule has 1 saturated carbocycles. The Bertz CT molecular complexity index is 2080. The van der Waals surface area contributed by atoms with Crippen LogP contribution in [0.4, 0.5) is 11.4 Å². The number of rotatable bonds is 5. The molecule has 0 bridgehead atoms. The summed E-state index contributed by atoms with van der Waals surface area (Å²) in [6.45, 7) is 11.2. The summed E-state index contributed by atoms with van der Waals surface area (Å²) in [4.78, 5) is 17.7. The second kappa shape index (κ2) is 10.5. The first-order valence-electron chi connectivity index (χ1n) is 14.3. The van der Waals surface area contributed by atoms with Crippen molar-refractivity contribution in [2.24, 2.45) is 0 Å². The first-order valence-corrected chi connectivity index (χ1v) is 16.7. The molecule has 0 radical (unpaired) electrons. The van der Waals surface area contributed by atoms with Crippen LogP contribution in [0.25, 0.3) is 53.5 Å². The SMILES string of the molecule is [C-]#[N+]/C(C)=C\c1cnc(-c2ccc(-c3ncc(-c4ccc5c(c4)C4CCCC4N5c4ccc(C)cc4)s3)c3nsnc23)s1. The van der Waals surface area contributed by atoms with Gasteiger partial charge >= 0.3 is 0 Å². The summed E-state index contributed by atoms with van der Waals surface area (Å²) < 4.78 is 9.32. The van der Waals surface area contributed by atoms with Crippen molar-refractivity contribution in [2.75, 3.05) is 4.90 Å². The van der Waals surface area contributed by atoms with Crippen molar-refractivity contribution in [1.29, 1.82) is 0 Å². The Morgan fingerprint density at radius 1 is 0.930 bits per heavy atom. The summed E-state index contributed by atoms with van der Waals surface area (Å²) >= 11 is 4.47. The molecular weight excluding hydrogens is 589 g/mol. The molecule has 3 aromatic carbocycles. The van der Waals surface area contributed by atoms with Crippen molar-refractivity contribution in [3.8, 4) is 31.6 Å². The van der Waals surface area contributed by atoms with Gasteiger partial charge in [-0.3, -0.25) is 0 Å². The zero-order valence-corrected chi connectivity index (χ0v) is 26.1. The van der Waals surface area contributed by atoms with Crippen molar-refractivity contribution in [1.82, 2.24) is 18.7 Å². The van der Waals surface area contributed by atoms with Crippen LogP contribution in [0.3, 0.4) is 0 Å². The highest BCUT2D eigenvalue weighted by Gasteiger charge is 2.42. The van der Waals surface area contributed by atoms with Crippen molar-refractivity contribution >= 4 is 62.9 Å². The molecule has 0 saturated heterocycles. The smallest absolute Gasteiger partial charge is 0.164 e. The monoisotopic (exact) mass is 614 g/mol. The van der Waals surface area contributed by atoms with Gasteiger partial charge < -0.3 is 4.90 Å². The molecule has 3 aromatic heterocycles. The molecule has 6 nitrogen and oxygen atoms in total. The van der Waals surface area contributed by atoms with Gasteiger partial charge in [-0.2, -0.15) is 8.75 Å². The van der Waals surface area contributed by atoms with E-state index in [4.69, 9.17) is 11.6 Å². The van der Waals surface area contributed by atoms with E-state index in [0.717, 1.165) is 41.9 Å². The molecule has 2 unspecified atom stereocenters. The number of aryl methyl sites for hydroxylation is 1. The van der Waals surface area contributed by atoms with E-state index in [2.05, 4.69) is 85.0 Å². The third-order valence-electron chi connectivity index (χ3n) is 8.53. The maximum absolute atomic E-state index is 7.20. The van der Waals surface area contributed by atoms with Gasteiger partial charge in [0, 0.05) is 51.7 Å². The van der Waals surface area contributed by atoms with Crippen molar-refractivity contribution in [3.05, 3.63) is 100 Å². The van der Waals surface area contributed by atoms with Gasteiger partial charge in [0.25, 0.3) is 0 Å². The fourth-order valence-corrected chi connectivity index (χ4v) is 8.96. The standard InChI is InChI=1S/C34H26N6S3/c1-19-7-10-22(11-8-19)40-28-6-4-5-24(28)27-16-21(9-14-29(27)40)30-18-37-34(42-30)26-13-12-25(31-32(26)39-43-38-31)33-36-17-23(41-33)15-20(2)35-3/h7-18,24,28H,4-6H2,1-2H3/b20-15-. The second-order valence-corrected chi connectivity index (χ2v) is 13.8. The Morgan fingerprint density at radius 3 is 2.44 bits per heavy atom. The zero-order chi connectivity index (χ0) is 29.1. The van der Waals surface area contributed by atoms with Crippen LogP contribution in [0.5, 0.6) is 0 Å². The number of benzene rings is 3. The minimum Gasteiger partial charge on any atom is -0.338 e. The number of anilines is 2. The molecule has 2 atom stereocenters. The molecule has 1 aliphatic carbocycles. The molecule has 1 aliphatic heterocycles. The largest absolute Gasteiger partial charge is 0.338 e. The lowest BCUT2D eigenvalue weighted by Gasteiger charge is -2.27. The molecule has 0 amide bonds. The normalized spacial score (nSPS) is 17.8. The fourth-order valence-electron chi connectivity index (χ4n) is 6.51. The lowest BCUT2D eigenvalue weighted by Crippen LogP contribution is -2.26. The molecule has 6 aromatic rings. The average Bonchev–Trinajstić information content (AvgIpc) is 3.86. The van der Waals surface area contributed by atoms with Crippen molar-refractivity contribution < 1.29 is 0 Å². The maximum atomic E-state index is 7.20. The van der Waals surface area contributed by atoms with Crippen LogP contribution < -0.4 is 4.90 Å².